The second kappa shape index (κ2) is 10.0. The van der Waals surface area contributed by atoms with Crippen molar-refractivity contribution < 1.29 is 14.3 Å². The summed E-state index contributed by atoms with van der Waals surface area (Å²) in [6.45, 7) is 4.14. The number of para-hydroxylation sites is 1. The first-order valence-electron chi connectivity index (χ1n) is 10.5. The molecule has 7 nitrogen and oxygen atoms in total. The number of hydrogen-bond acceptors (Lipinski definition) is 6. The van der Waals surface area contributed by atoms with Crippen molar-refractivity contribution in [2.24, 2.45) is 0 Å². The molecule has 2 aliphatic rings. The van der Waals surface area contributed by atoms with Gasteiger partial charge in [-0.2, -0.15) is 5.26 Å². The Bertz CT molecular complexity index is 1070. The third-order valence-electron chi connectivity index (χ3n) is 5.46. The fourth-order valence-corrected chi connectivity index (χ4v) is 5.01. The number of morpholine rings is 1. The van der Waals surface area contributed by atoms with Gasteiger partial charge in [-0.1, -0.05) is 54.2 Å². The van der Waals surface area contributed by atoms with Crippen LogP contribution in [-0.4, -0.2) is 48.4 Å². The van der Waals surface area contributed by atoms with Gasteiger partial charge in [-0.05, 0) is 36.6 Å². The quantitative estimate of drug-likeness (QED) is 0.559. The lowest BCUT2D eigenvalue weighted by atomic mass is 10.0. The van der Waals surface area contributed by atoms with Crippen molar-refractivity contribution in [2.75, 3.05) is 31.2 Å². The number of ether oxygens (including phenoxy) is 1. The molecule has 2 heterocycles. The Morgan fingerprint density at radius 3 is 2.53 bits per heavy atom. The first-order chi connectivity index (χ1) is 15.6. The molecule has 0 radical (unpaired) electrons. The Morgan fingerprint density at radius 2 is 1.84 bits per heavy atom. The van der Waals surface area contributed by atoms with Gasteiger partial charge < -0.3 is 4.74 Å². The molecule has 32 heavy (non-hydrogen) atoms. The number of carbonyl (C=O) groups is 2. The molecule has 1 atom stereocenters. The van der Waals surface area contributed by atoms with Crippen molar-refractivity contribution in [3.63, 3.8) is 0 Å². The Morgan fingerprint density at radius 1 is 1.16 bits per heavy atom. The molecule has 2 aromatic rings. The summed E-state index contributed by atoms with van der Waals surface area (Å²) in [6, 6.07) is 19.1. The number of rotatable bonds is 5. The number of nitriles is 1. The van der Waals surface area contributed by atoms with Crippen LogP contribution >= 0.6 is 11.8 Å². The van der Waals surface area contributed by atoms with Crippen LogP contribution in [0, 0.1) is 18.3 Å². The topological polar surface area (TPSA) is 85.7 Å². The molecular weight excluding hydrogens is 424 g/mol. The van der Waals surface area contributed by atoms with Crippen molar-refractivity contribution in [3.8, 4) is 6.07 Å². The van der Waals surface area contributed by atoms with Gasteiger partial charge in [-0.3, -0.25) is 19.9 Å². The number of nitrogens with zero attached hydrogens (tertiary/aromatic N) is 3. The van der Waals surface area contributed by atoms with Crippen LogP contribution in [0.5, 0.6) is 0 Å². The van der Waals surface area contributed by atoms with E-state index in [0.717, 1.165) is 11.1 Å². The van der Waals surface area contributed by atoms with Crippen molar-refractivity contribution >= 4 is 29.3 Å². The summed E-state index contributed by atoms with van der Waals surface area (Å²) in [5, 5.41) is 11.6. The average Bonchev–Trinajstić information content (AvgIpc) is 3.12. The van der Waals surface area contributed by atoms with Crippen molar-refractivity contribution in [3.05, 3.63) is 76.3 Å². The number of aryl methyl sites for hydroxylation is 1. The summed E-state index contributed by atoms with van der Waals surface area (Å²) in [6.07, 6.45) is 0.521. The summed E-state index contributed by atoms with van der Waals surface area (Å²) in [5.41, 5.74) is 5.54. The Balaban J connectivity index is 1.68. The summed E-state index contributed by atoms with van der Waals surface area (Å²) < 4.78 is 5.31. The molecular formula is C24H24N4O3S. The molecule has 1 N–H and O–H groups in total. The summed E-state index contributed by atoms with van der Waals surface area (Å²) in [5.74, 6) is -0.645. The van der Waals surface area contributed by atoms with Crippen LogP contribution in [0.4, 0.5) is 5.69 Å². The predicted octanol–water partition coefficient (Wildman–Crippen LogP) is 2.78. The number of hydrazine groups is 1. The number of anilines is 1. The normalized spacial score (nSPS) is 20.7. The van der Waals surface area contributed by atoms with Gasteiger partial charge in [0.05, 0.1) is 18.5 Å². The maximum atomic E-state index is 13.5. The van der Waals surface area contributed by atoms with Crippen LogP contribution < -0.4 is 10.3 Å². The zero-order chi connectivity index (χ0) is 22.5. The third-order valence-corrected chi connectivity index (χ3v) is 6.72. The van der Waals surface area contributed by atoms with Gasteiger partial charge in [0.1, 0.15) is 16.7 Å². The number of thioether (sulfide) groups is 1. The molecule has 2 aliphatic heterocycles. The van der Waals surface area contributed by atoms with E-state index in [1.807, 2.05) is 67.6 Å². The molecule has 0 aromatic heterocycles. The van der Waals surface area contributed by atoms with Gasteiger partial charge in [0.15, 0.2) is 0 Å². The predicted molar refractivity (Wildman–Crippen MR) is 123 cm³/mol. The zero-order valence-electron chi connectivity index (χ0n) is 17.8. The lowest BCUT2D eigenvalue weighted by Gasteiger charge is -2.27. The number of hydrogen-bond donors (Lipinski definition) is 1. The van der Waals surface area contributed by atoms with E-state index in [-0.39, 0.29) is 11.5 Å². The summed E-state index contributed by atoms with van der Waals surface area (Å²) in [7, 11) is 0. The molecule has 164 valence electrons. The van der Waals surface area contributed by atoms with Gasteiger partial charge in [-0.15, -0.1) is 0 Å². The fraction of sp³-hybridized carbons (Fsp3) is 0.292. The smallest absolute Gasteiger partial charge is 0.278 e. The third kappa shape index (κ3) is 4.70. The van der Waals surface area contributed by atoms with Crippen LogP contribution in [0.2, 0.25) is 0 Å². The Kier molecular flexibility index (Phi) is 6.90. The van der Waals surface area contributed by atoms with E-state index in [9.17, 15) is 14.9 Å². The lowest BCUT2D eigenvalue weighted by molar-refractivity contribution is -0.123. The molecule has 0 unspecified atom stereocenters. The minimum atomic E-state index is -0.512. The van der Waals surface area contributed by atoms with Crippen LogP contribution in [0.1, 0.15) is 11.1 Å². The minimum Gasteiger partial charge on any atom is -0.379 e. The molecule has 2 amide bonds. The molecule has 8 heteroatoms. The molecule has 4 rings (SSSR count). The van der Waals surface area contributed by atoms with Gasteiger partial charge in [-0.25, -0.2) is 5.01 Å². The first-order valence-corrected chi connectivity index (χ1v) is 11.3. The largest absolute Gasteiger partial charge is 0.379 e. The van der Waals surface area contributed by atoms with Gasteiger partial charge in [0, 0.05) is 18.8 Å². The number of nitrogens with one attached hydrogen (secondary N) is 1. The van der Waals surface area contributed by atoms with E-state index in [2.05, 4.69) is 5.43 Å². The van der Waals surface area contributed by atoms with Gasteiger partial charge in [0.2, 0.25) is 5.91 Å². The highest BCUT2D eigenvalue weighted by molar-refractivity contribution is 8.05. The van der Waals surface area contributed by atoms with E-state index in [4.69, 9.17) is 4.74 Å². The highest BCUT2D eigenvalue weighted by atomic mass is 32.2. The number of amides is 2. The van der Waals surface area contributed by atoms with E-state index < -0.39 is 11.2 Å². The van der Waals surface area contributed by atoms with Crippen LogP contribution in [-0.2, 0) is 20.7 Å². The van der Waals surface area contributed by atoms with E-state index >= 15 is 0 Å². The molecule has 0 aliphatic carbocycles. The maximum absolute atomic E-state index is 13.5. The zero-order valence-corrected chi connectivity index (χ0v) is 18.6. The van der Waals surface area contributed by atoms with Crippen LogP contribution in [0.3, 0.4) is 0 Å². The van der Waals surface area contributed by atoms with E-state index in [1.54, 1.807) is 5.01 Å². The lowest BCUT2D eigenvalue weighted by Crippen LogP contribution is -2.49. The second-order valence-electron chi connectivity index (χ2n) is 7.58. The minimum absolute atomic E-state index is 0.0639. The molecule has 0 saturated carbocycles. The fourth-order valence-electron chi connectivity index (χ4n) is 3.71. The number of carbonyl (C=O) groups excluding carboxylic acids is 2. The molecule has 2 saturated heterocycles. The first kappa shape index (κ1) is 22.1. The van der Waals surface area contributed by atoms with E-state index in [0.29, 0.717) is 43.4 Å². The number of benzene rings is 2. The van der Waals surface area contributed by atoms with Crippen LogP contribution in [0.25, 0.3) is 0 Å². The van der Waals surface area contributed by atoms with Crippen molar-refractivity contribution in [1.82, 2.24) is 10.4 Å². The Labute approximate surface area is 191 Å². The van der Waals surface area contributed by atoms with Crippen molar-refractivity contribution in [2.45, 2.75) is 18.6 Å². The SMILES string of the molecule is Cc1ccccc1C[C@H]1S/C(=C(\C#N)C(=O)NN2CCOCC2)N(c2ccccc2)C1=O. The standard InChI is InChI=1S/C24H24N4O3S/c1-17-7-5-6-8-18(17)15-21-23(30)28(19-9-3-2-4-10-19)24(32-21)20(16-25)22(29)26-27-11-13-31-14-12-27/h2-10,21H,11-15H2,1H3,(H,26,29)/b24-20+/t21-/m1/s1. The molecule has 2 aromatic carbocycles. The monoisotopic (exact) mass is 448 g/mol. The highest BCUT2D eigenvalue weighted by Crippen LogP contribution is 2.42. The molecule has 2 fully saturated rings. The second-order valence-corrected chi connectivity index (χ2v) is 8.77. The van der Waals surface area contributed by atoms with Crippen LogP contribution in [0.15, 0.2) is 65.2 Å². The average molecular weight is 449 g/mol. The van der Waals surface area contributed by atoms with Gasteiger partial charge in [0.25, 0.3) is 5.91 Å². The van der Waals surface area contributed by atoms with Gasteiger partial charge >= 0.3 is 0 Å². The van der Waals surface area contributed by atoms with E-state index in [1.165, 1.54) is 16.7 Å². The summed E-state index contributed by atoms with van der Waals surface area (Å²) in [4.78, 5) is 28.0. The molecule has 0 spiro atoms. The highest BCUT2D eigenvalue weighted by Gasteiger charge is 2.41. The molecule has 0 bridgehead atoms. The van der Waals surface area contributed by atoms with Crippen molar-refractivity contribution in [1.29, 1.82) is 5.26 Å². The maximum Gasteiger partial charge on any atom is 0.278 e. The Hall–Kier alpha value is -3.12. The summed E-state index contributed by atoms with van der Waals surface area (Å²) >= 11 is 1.28.